The molecule has 0 heteroatoms. The Kier molecular flexibility index (Phi) is 8.16. The monoisotopic (exact) mass is 240 g/mol. The normalized spacial score (nSPS) is 19.4. The third kappa shape index (κ3) is 6.48. The van der Waals surface area contributed by atoms with Crippen molar-refractivity contribution in [2.75, 3.05) is 0 Å². The van der Waals surface area contributed by atoms with E-state index in [0.717, 1.165) is 35.5 Å². The van der Waals surface area contributed by atoms with Gasteiger partial charge in [0.1, 0.15) is 0 Å². The number of hydrogen-bond acceptors (Lipinski definition) is 0. The molecule has 17 heavy (non-hydrogen) atoms. The highest BCUT2D eigenvalue weighted by atomic mass is 14.3. The van der Waals surface area contributed by atoms with Crippen molar-refractivity contribution in [1.82, 2.24) is 0 Å². The molecule has 0 saturated heterocycles. The molecule has 0 aromatic heterocycles. The summed E-state index contributed by atoms with van der Waals surface area (Å²) in [4.78, 5) is 0. The Morgan fingerprint density at radius 3 is 1.53 bits per heavy atom. The lowest BCUT2D eigenvalue weighted by Gasteiger charge is -2.35. The van der Waals surface area contributed by atoms with Gasteiger partial charge in [0, 0.05) is 0 Å². The van der Waals surface area contributed by atoms with Crippen LogP contribution in [0, 0.1) is 35.5 Å². The van der Waals surface area contributed by atoms with E-state index in [1.807, 2.05) is 0 Å². The minimum atomic E-state index is 0.822. The van der Waals surface area contributed by atoms with E-state index in [0.29, 0.717) is 0 Å². The Morgan fingerprint density at radius 2 is 1.18 bits per heavy atom. The Balaban J connectivity index is 4.49. The minimum absolute atomic E-state index is 0.822. The topological polar surface area (TPSA) is 0 Å². The summed E-state index contributed by atoms with van der Waals surface area (Å²) in [5, 5.41) is 0. The molecule has 0 N–H and O–H groups in total. The van der Waals surface area contributed by atoms with Gasteiger partial charge in [0.15, 0.2) is 0 Å². The molecule has 0 amide bonds. The second kappa shape index (κ2) is 8.16. The molecule has 0 nitrogen and oxygen atoms in total. The quantitative estimate of drug-likeness (QED) is 0.487. The zero-order chi connectivity index (χ0) is 13.6. The maximum Gasteiger partial charge on any atom is -0.0339 e. The predicted octanol–water partition coefficient (Wildman–Crippen LogP) is 6.01. The van der Waals surface area contributed by atoms with Crippen molar-refractivity contribution < 1.29 is 0 Å². The van der Waals surface area contributed by atoms with Crippen LogP contribution in [-0.2, 0) is 0 Å². The second-order valence-corrected chi connectivity index (χ2v) is 7.15. The first-order chi connectivity index (χ1) is 7.79. The van der Waals surface area contributed by atoms with Gasteiger partial charge in [-0.1, -0.05) is 61.8 Å². The largest absolute Gasteiger partial charge is 0.0651 e. The Bertz CT molecular complexity index is 180. The summed E-state index contributed by atoms with van der Waals surface area (Å²) in [7, 11) is 0. The number of hydrogen-bond donors (Lipinski definition) is 0. The van der Waals surface area contributed by atoms with Gasteiger partial charge in [0.25, 0.3) is 0 Å². The maximum atomic E-state index is 2.48. The first-order valence-corrected chi connectivity index (χ1v) is 7.79. The van der Waals surface area contributed by atoms with E-state index in [9.17, 15) is 0 Å². The van der Waals surface area contributed by atoms with Gasteiger partial charge in [-0.25, -0.2) is 0 Å². The van der Waals surface area contributed by atoms with E-state index in [2.05, 4.69) is 55.4 Å². The van der Waals surface area contributed by atoms with Crippen LogP contribution in [0.15, 0.2) is 0 Å². The van der Waals surface area contributed by atoms with Crippen molar-refractivity contribution in [3.8, 4) is 0 Å². The summed E-state index contributed by atoms with van der Waals surface area (Å²) >= 11 is 0. The molecule has 0 aliphatic rings. The van der Waals surface area contributed by atoms with Gasteiger partial charge in [-0.2, -0.15) is 0 Å². The molecule has 4 atom stereocenters. The summed E-state index contributed by atoms with van der Waals surface area (Å²) < 4.78 is 0. The smallest absolute Gasteiger partial charge is 0.0339 e. The van der Waals surface area contributed by atoms with E-state index in [1.165, 1.54) is 19.3 Å². The molecule has 4 unspecified atom stereocenters. The van der Waals surface area contributed by atoms with Crippen molar-refractivity contribution >= 4 is 0 Å². The lowest BCUT2D eigenvalue weighted by atomic mass is 9.71. The van der Waals surface area contributed by atoms with Crippen molar-refractivity contribution in [2.24, 2.45) is 35.5 Å². The lowest BCUT2D eigenvalue weighted by molar-refractivity contribution is 0.146. The highest BCUT2D eigenvalue weighted by Crippen LogP contribution is 2.36. The van der Waals surface area contributed by atoms with Crippen LogP contribution >= 0.6 is 0 Å². The fourth-order valence-electron chi connectivity index (χ4n) is 3.73. The molecule has 0 spiro atoms. The fraction of sp³-hybridized carbons (Fsp3) is 1.00. The van der Waals surface area contributed by atoms with Crippen LogP contribution in [0.25, 0.3) is 0 Å². The fourth-order valence-corrected chi connectivity index (χ4v) is 3.73. The van der Waals surface area contributed by atoms with Crippen LogP contribution in [0.4, 0.5) is 0 Å². The molecule has 0 bridgehead atoms. The lowest BCUT2D eigenvalue weighted by Crippen LogP contribution is -2.27. The molecular weight excluding hydrogens is 204 g/mol. The molecule has 0 fully saturated rings. The molecular formula is C17H36. The van der Waals surface area contributed by atoms with Crippen molar-refractivity contribution in [3.63, 3.8) is 0 Å². The SMILES string of the molecule is CCC(C)CC(C)C(C(C)C)C(C)CC(C)C. The van der Waals surface area contributed by atoms with Gasteiger partial charge >= 0.3 is 0 Å². The molecule has 0 radical (unpaired) electrons. The molecule has 0 aromatic carbocycles. The van der Waals surface area contributed by atoms with Crippen LogP contribution in [0.5, 0.6) is 0 Å². The molecule has 104 valence electrons. The second-order valence-electron chi connectivity index (χ2n) is 7.15. The van der Waals surface area contributed by atoms with Gasteiger partial charge < -0.3 is 0 Å². The van der Waals surface area contributed by atoms with E-state index < -0.39 is 0 Å². The summed E-state index contributed by atoms with van der Waals surface area (Å²) in [6.45, 7) is 19.2. The van der Waals surface area contributed by atoms with Crippen LogP contribution in [0.1, 0.15) is 74.7 Å². The Labute approximate surface area is 111 Å². The summed E-state index contributed by atoms with van der Waals surface area (Å²) in [5.41, 5.74) is 0. The zero-order valence-electron chi connectivity index (χ0n) is 13.6. The van der Waals surface area contributed by atoms with Crippen molar-refractivity contribution in [2.45, 2.75) is 74.7 Å². The first kappa shape index (κ1) is 17.0. The summed E-state index contributed by atoms with van der Waals surface area (Å²) in [5.74, 6) is 5.18. The summed E-state index contributed by atoms with van der Waals surface area (Å²) in [6, 6.07) is 0. The third-order valence-corrected chi connectivity index (χ3v) is 4.40. The highest BCUT2D eigenvalue weighted by Gasteiger charge is 2.27. The molecule has 0 aliphatic heterocycles. The molecule has 0 aromatic rings. The minimum Gasteiger partial charge on any atom is -0.0651 e. The van der Waals surface area contributed by atoms with Gasteiger partial charge in [-0.15, -0.1) is 0 Å². The molecule has 0 rings (SSSR count). The maximum absolute atomic E-state index is 2.48. The first-order valence-electron chi connectivity index (χ1n) is 7.79. The third-order valence-electron chi connectivity index (χ3n) is 4.40. The van der Waals surface area contributed by atoms with E-state index in [1.54, 1.807) is 0 Å². The molecule has 0 heterocycles. The highest BCUT2D eigenvalue weighted by molar-refractivity contribution is 4.77. The van der Waals surface area contributed by atoms with Crippen LogP contribution < -0.4 is 0 Å². The van der Waals surface area contributed by atoms with Crippen LogP contribution in [-0.4, -0.2) is 0 Å². The average Bonchev–Trinajstić information content (AvgIpc) is 2.15. The average molecular weight is 240 g/mol. The van der Waals surface area contributed by atoms with E-state index in [4.69, 9.17) is 0 Å². The van der Waals surface area contributed by atoms with Gasteiger partial charge in [-0.05, 0) is 48.3 Å². The zero-order valence-corrected chi connectivity index (χ0v) is 13.6. The Hall–Kier alpha value is 0. The van der Waals surface area contributed by atoms with Crippen molar-refractivity contribution in [1.29, 1.82) is 0 Å². The Morgan fingerprint density at radius 1 is 0.706 bits per heavy atom. The van der Waals surface area contributed by atoms with Crippen molar-refractivity contribution in [3.05, 3.63) is 0 Å². The number of rotatable bonds is 8. The van der Waals surface area contributed by atoms with Gasteiger partial charge in [0.05, 0.1) is 0 Å². The van der Waals surface area contributed by atoms with E-state index in [-0.39, 0.29) is 0 Å². The van der Waals surface area contributed by atoms with E-state index >= 15 is 0 Å². The van der Waals surface area contributed by atoms with Crippen LogP contribution in [0.3, 0.4) is 0 Å². The predicted molar refractivity (Wildman–Crippen MR) is 80.2 cm³/mol. The molecule has 0 aliphatic carbocycles. The van der Waals surface area contributed by atoms with Crippen LogP contribution in [0.2, 0.25) is 0 Å². The van der Waals surface area contributed by atoms with Gasteiger partial charge in [-0.3, -0.25) is 0 Å². The van der Waals surface area contributed by atoms with Gasteiger partial charge in [0.2, 0.25) is 0 Å². The standard InChI is InChI=1S/C17H36/c1-9-14(6)11-16(8)17(13(4)5)15(7)10-12(2)3/h12-17H,9-11H2,1-8H3. The molecule has 0 saturated carbocycles. The summed E-state index contributed by atoms with van der Waals surface area (Å²) in [6.07, 6.45) is 4.11.